The first kappa shape index (κ1) is 15.4. The molecular weight excluding hydrogens is 256 g/mol. The predicted molar refractivity (Wildman–Crippen MR) is 76.5 cm³/mol. The van der Waals surface area contributed by atoms with Crippen molar-refractivity contribution in [3.63, 3.8) is 0 Å². The van der Waals surface area contributed by atoms with E-state index in [1.165, 1.54) is 0 Å². The van der Waals surface area contributed by atoms with Gasteiger partial charge in [0, 0.05) is 39.2 Å². The van der Waals surface area contributed by atoms with Gasteiger partial charge in [-0.3, -0.25) is 0 Å². The first-order valence-corrected chi connectivity index (χ1v) is 7.54. The largest absolute Gasteiger partial charge is 0.381 e. The highest BCUT2D eigenvalue weighted by molar-refractivity contribution is 5.11. The number of ether oxygens (including phenoxy) is 2. The molecule has 0 amide bonds. The third-order valence-electron chi connectivity index (χ3n) is 3.96. The predicted octanol–water partition coefficient (Wildman–Crippen LogP) is 1.53. The van der Waals surface area contributed by atoms with Gasteiger partial charge in [0.15, 0.2) is 0 Å². The quantitative estimate of drug-likeness (QED) is 0.822. The summed E-state index contributed by atoms with van der Waals surface area (Å²) in [7, 11) is 1.98. The highest BCUT2D eigenvalue weighted by Crippen LogP contribution is 2.37. The number of hydrogen-bond donors (Lipinski definition) is 1. The minimum absolute atomic E-state index is 0.0906. The SMILES string of the molecule is CCCn1nncc1C(NC)C1(OCC)CCOCC1. The molecule has 20 heavy (non-hydrogen) atoms. The third kappa shape index (κ3) is 3.02. The van der Waals surface area contributed by atoms with Crippen LogP contribution in [0.1, 0.15) is 44.8 Å². The number of rotatable bonds is 7. The zero-order chi connectivity index (χ0) is 14.4. The Kier molecular flexibility index (Phi) is 5.51. The summed E-state index contributed by atoms with van der Waals surface area (Å²) in [6.07, 6.45) is 4.68. The second-order valence-corrected chi connectivity index (χ2v) is 5.21. The van der Waals surface area contributed by atoms with Gasteiger partial charge < -0.3 is 14.8 Å². The van der Waals surface area contributed by atoms with Crippen LogP contribution in [0.4, 0.5) is 0 Å². The Bertz CT molecular complexity index is 396. The van der Waals surface area contributed by atoms with Crippen molar-refractivity contribution in [2.24, 2.45) is 0 Å². The average molecular weight is 282 g/mol. The molecule has 1 saturated heterocycles. The smallest absolute Gasteiger partial charge is 0.0935 e. The lowest BCUT2D eigenvalue weighted by Crippen LogP contribution is -2.49. The zero-order valence-electron chi connectivity index (χ0n) is 12.8. The summed E-state index contributed by atoms with van der Waals surface area (Å²) in [5.41, 5.74) is 0.874. The van der Waals surface area contributed by atoms with Crippen LogP contribution in [-0.2, 0) is 16.0 Å². The monoisotopic (exact) mass is 282 g/mol. The molecule has 0 bridgehead atoms. The molecule has 1 aromatic heterocycles. The number of hydrogen-bond acceptors (Lipinski definition) is 5. The second kappa shape index (κ2) is 7.15. The molecular formula is C14H26N4O2. The van der Waals surface area contributed by atoms with Crippen LogP contribution in [0, 0.1) is 0 Å². The summed E-state index contributed by atoms with van der Waals surface area (Å²) in [5, 5.41) is 11.7. The Hall–Kier alpha value is -0.980. The maximum Gasteiger partial charge on any atom is 0.0935 e. The van der Waals surface area contributed by atoms with Gasteiger partial charge in [-0.15, -0.1) is 5.10 Å². The van der Waals surface area contributed by atoms with Crippen molar-refractivity contribution < 1.29 is 9.47 Å². The van der Waals surface area contributed by atoms with E-state index in [1.54, 1.807) is 0 Å². The van der Waals surface area contributed by atoms with E-state index in [4.69, 9.17) is 9.47 Å². The minimum atomic E-state index is -0.227. The third-order valence-corrected chi connectivity index (χ3v) is 3.96. The van der Waals surface area contributed by atoms with Crippen molar-refractivity contribution in [2.45, 2.75) is 51.3 Å². The van der Waals surface area contributed by atoms with Gasteiger partial charge in [0.05, 0.1) is 23.5 Å². The highest BCUT2D eigenvalue weighted by Gasteiger charge is 2.43. The number of likely N-dealkylation sites (N-methyl/N-ethyl adjacent to an activating group) is 1. The minimum Gasteiger partial charge on any atom is -0.381 e. The number of aryl methyl sites for hydroxylation is 1. The van der Waals surface area contributed by atoms with Crippen molar-refractivity contribution in [3.05, 3.63) is 11.9 Å². The molecule has 1 aliphatic heterocycles. The lowest BCUT2D eigenvalue weighted by Gasteiger charge is -2.42. The molecule has 0 spiro atoms. The van der Waals surface area contributed by atoms with E-state index in [2.05, 4.69) is 22.6 Å². The maximum atomic E-state index is 6.17. The molecule has 1 aromatic rings. The molecule has 1 N–H and O–H groups in total. The molecule has 0 saturated carbocycles. The molecule has 6 heteroatoms. The Labute approximate surface area is 120 Å². The lowest BCUT2D eigenvalue weighted by molar-refractivity contribution is -0.128. The number of nitrogens with zero attached hydrogens (tertiary/aromatic N) is 3. The highest BCUT2D eigenvalue weighted by atomic mass is 16.5. The van der Waals surface area contributed by atoms with Gasteiger partial charge in [-0.2, -0.15) is 0 Å². The molecule has 0 radical (unpaired) electrons. The zero-order valence-corrected chi connectivity index (χ0v) is 12.8. The lowest BCUT2D eigenvalue weighted by atomic mass is 9.84. The Morgan fingerprint density at radius 1 is 1.45 bits per heavy atom. The van der Waals surface area contributed by atoms with Crippen LogP contribution in [0.15, 0.2) is 6.20 Å². The van der Waals surface area contributed by atoms with E-state index < -0.39 is 0 Å². The van der Waals surface area contributed by atoms with Crippen LogP contribution in [0.5, 0.6) is 0 Å². The summed E-state index contributed by atoms with van der Waals surface area (Å²) in [6, 6.07) is 0.0906. The van der Waals surface area contributed by atoms with Gasteiger partial charge in [0.25, 0.3) is 0 Å². The standard InChI is InChI=1S/C14H26N4O2/c1-4-8-18-12(11-16-17-18)13(15-3)14(20-5-2)6-9-19-10-7-14/h11,13,15H,4-10H2,1-3H3. The first-order valence-electron chi connectivity index (χ1n) is 7.54. The van der Waals surface area contributed by atoms with Crippen LogP contribution in [0.2, 0.25) is 0 Å². The van der Waals surface area contributed by atoms with Crippen LogP contribution in [0.25, 0.3) is 0 Å². The van der Waals surface area contributed by atoms with Crippen molar-refractivity contribution in [3.8, 4) is 0 Å². The van der Waals surface area contributed by atoms with E-state index in [1.807, 2.05) is 24.9 Å². The van der Waals surface area contributed by atoms with E-state index in [9.17, 15) is 0 Å². The van der Waals surface area contributed by atoms with Gasteiger partial charge in [0.2, 0.25) is 0 Å². The summed E-state index contributed by atoms with van der Waals surface area (Å²) < 4.78 is 13.7. The van der Waals surface area contributed by atoms with Gasteiger partial charge >= 0.3 is 0 Å². The van der Waals surface area contributed by atoms with Crippen molar-refractivity contribution in [2.75, 3.05) is 26.9 Å². The normalized spacial score (nSPS) is 19.9. The first-order chi connectivity index (χ1) is 9.77. The summed E-state index contributed by atoms with van der Waals surface area (Å²) >= 11 is 0. The molecule has 1 fully saturated rings. The number of nitrogens with one attached hydrogen (secondary N) is 1. The Balaban J connectivity index is 2.29. The molecule has 1 atom stereocenters. The molecule has 114 valence electrons. The number of aromatic nitrogens is 3. The van der Waals surface area contributed by atoms with Crippen LogP contribution in [0.3, 0.4) is 0 Å². The van der Waals surface area contributed by atoms with Gasteiger partial charge in [-0.25, -0.2) is 4.68 Å². The van der Waals surface area contributed by atoms with Crippen LogP contribution >= 0.6 is 0 Å². The Morgan fingerprint density at radius 2 is 2.20 bits per heavy atom. The second-order valence-electron chi connectivity index (χ2n) is 5.21. The van der Waals surface area contributed by atoms with E-state index in [0.717, 1.165) is 44.7 Å². The molecule has 6 nitrogen and oxygen atoms in total. The maximum absolute atomic E-state index is 6.17. The Morgan fingerprint density at radius 3 is 2.80 bits per heavy atom. The van der Waals surface area contributed by atoms with Crippen molar-refractivity contribution >= 4 is 0 Å². The molecule has 0 aliphatic carbocycles. The van der Waals surface area contributed by atoms with Crippen molar-refractivity contribution in [1.29, 1.82) is 0 Å². The molecule has 2 heterocycles. The van der Waals surface area contributed by atoms with Crippen LogP contribution < -0.4 is 5.32 Å². The molecule has 2 rings (SSSR count). The summed E-state index contributed by atoms with van der Waals surface area (Å²) in [4.78, 5) is 0. The molecule has 1 aliphatic rings. The molecule has 1 unspecified atom stereocenters. The van der Waals surface area contributed by atoms with Crippen molar-refractivity contribution in [1.82, 2.24) is 20.3 Å². The van der Waals surface area contributed by atoms with Gasteiger partial charge in [0.1, 0.15) is 0 Å². The van der Waals surface area contributed by atoms with Gasteiger partial charge in [-0.05, 0) is 20.4 Å². The fourth-order valence-electron chi connectivity index (χ4n) is 3.08. The van der Waals surface area contributed by atoms with E-state index in [-0.39, 0.29) is 11.6 Å². The summed E-state index contributed by atoms with van der Waals surface area (Å²) in [6.45, 7) is 7.26. The fourth-order valence-corrected chi connectivity index (χ4v) is 3.08. The van der Waals surface area contributed by atoms with Gasteiger partial charge in [-0.1, -0.05) is 12.1 Å². The topological polar surface area (TPSA) is 61.2 Å². The molecule has 0 aromatic carbocycles. The fraction of sp³-hybridized carbons (Fsp3) is 0.857. The van der Waals surface area contributed by atoms with E-state index >= 15 is 0 Å². The van der Waals surface area contributed by atoms with E-state index in [0.29, 0.717) is 6.61 Å². The summed E-state index contributed by atoms with van der Waals surface area (Å²) in [5.74, 6) is 0. The van der Waals surface area contributed by atoms with Crippen LogP contribution in [-0.4, -0.2) is 47.5 Å². The average Bonchev–Trinajstić information content (AvgIpc) is 2.90.